The Morgan fingerprint density at radius 3 is 1.82 bits per heavy atom. The van der Waals surface area contributed by atoms with Crippen molar-refractivity contribution in [3.63, 3.8) is 0 Å². The Bertz CT molecular complexity index is 619. The minimum absolute atomic E-state index is 0.254. The predicted molar refractivity (Wildman–Crippen MR) is 90.9 cm³/mol. The van der Waals surface area contributed by atoms with Crippen LogP contribution in [0.2, 0.25) is 0 Å². The zero-order valence-corrected chi connectivity index (χ0v) is 13.3. The molecule has 114 valence electrons. The lowest BCUT2D eigenvalue weighted by molar-refractivity contribution is 0.0977. The topological polar surface area (TPSA) is 82.9 Å². The van der Waals surface area contributed by atoms with Crippen molar-refractivity contribution in [2.75, 3.05) is 24.6 Å². The summed E-state index contributed by atoms with van der Waals surface area (Å²) >= 11 is 3.03. The van der Waals surface area contributed by atoms with Gasteiger partial charge in [-0.1, -0.05) is 29.6 Å². The van der Waals surface area contributed by atoms with E-state index in [4.69, 9.17) is 0 Å². The fraction of sp³-hybridized carbons (Fsp3) is 0.286. The van der Waals surface area contributed by atoms with E-state index >= 15 is 0 Å². The average molecular weight is 334 g/mol. The summed E-state index contributed by atoms with van der Waals surface area (Å²) in [6, 6.07) is 6.62. The Morgan fingerprint density at radius 2 is 1.41 bits per heavy atom. The third kappa shape index (κ3) is 3.69. The van der Waals surface area contributed by atoms with Gasteiger partial charge in [-0.2, -0.15) is 0 Å². The maximum atomic E-state index is 12.2. The van der Waals surface area contributed by atoms with Gasteiger partial charge in [0.1, 0.15) is 0 Å². The van der Waals surface area contributed by atoms with E-state index in [1.165, 1.54) is 23.5 Å². The van der Waals surface area contributed by atoms with Gasteiger partial charge in [-0.25, -0.2) is 0 Å². The molecule has 0 bridgehead atoms. The molecule has 0 atom stereocenters. The molecule has 0 aliphatic carbocycles. The van der Waals surface area contributed by atoms with E-state index in [1.54, 1.807) is 24.3 Å². The Labute approximate surface area is 136 Å². The first-order chi connectivity index (χ1) is 10.7. The molecule has 8 heteroatoms. The number of amides is 2. The van der Waals surface area contributed by atoms with E-state index in [0.717, 1.165) is 24.6 Å². The van der Waals surface area contributed by atoms with Crippen LogP contribution < -0.4 is 10.6 Å². The molecular weight excluding hydrogens is 320 g/mol. The second-order valence-corrected chi connectivity index (χ2v) is 6.73. The van der Waals surface area contributed by atoms with Crippen LogP contribution >= 0.6 is 23.5 Å². The van der Waals surface area contributed by atoms with Gasteiger partial charge in [0, 0.05) is 22.6 Å². The van der Waals surface area contributed by atoms with Crippen LogP contribution in [0.25, 0.3) is 0 Å². The van der Waals surface area contributed by atoms with Crippen molar-refractivity contribution in [2.24, 2.45) is 9.98 Å². The van der Waals surface area contributed by atoms with E-state index in [2.05, 4.69) is 20.6 Å². The van der Waals surface area contributed by atoms with Crippen LogP contribution in [-0.2, 0) is 0 Å². The van der Waals surface area contributed by atoms with Crippen molar-refractivity contribution in [1.82, 2.24) is 10.6 Å². The van der Waals surface area contributed by atoms with Crippen LogP contribution in [0.1, 0.15) is 20.7 Å². The van der Waals surface area contributed by atoms with Crippen LogP contribution in [0.4, 0.5) is 0 Å². The second-order valence-electron chi connectivity index (χ2n) is 4.56. The van der Waals surface area contributed by atoms with Crippen molar-refractivity contribution in [2.45, 2.75) is 0 Å². The lowest BCUT2D eigenvalue weighted by Crippen LogP contribution is -2.29. The smallest absolute Gasteiger partial charge is 0.257 e. The molecule has 0 saturated heterocycles. The molecular formula is C14H14N4O2S2. The van der Waals surface area contributed by atoms with Gasteiger partial charge in [-0.3, -0.25) is 19.6 Å². The van der Waals surface area contributed by atoms with Gasteiger partial charge >= 0.3 is 0 Å². The highest BCUT2D eigenvalue weighted by Gasteiger charge is 2.16. The molecule has 3 rings (SSSR count). The summed E-state index contributed by atoms with van der Waals surface area (Å²) in [6.07, 6.45) is 0. The quantitative estimate of drug-likeness (QED) is 0.855. The highest BCUT2D eigenvalue weighted by atomic mass is 32.2. The number of benzene rings is 1. The summed E-state index contributed by atoms with van der Waals surface area (Å²) in [7, 11) is 0. The Kier molecular flexibility index (Phi) is 4.79. The number of thioether (sulfide) groups is 2. The van der Waals surface area contributed by atoms with Crippen LogP contribution in [-0.4, -0.2) is 46.7 Å². The van der Waals surface area contributed by atoms with Crippen LogP contribution in [0, 0.1) is 0 Å². The molecule has 0 fully saturated rings. The summed E-state index contributed by atoms with van der Waals surface area (Å²) in [5.41, 5.74) is 0.868. The molecule has 0 spiro atoms. The number of aliphatic imine (C=N–C) groups is 2. The molecule has 1 aromatic carbocycles. The first-order valence-electron chi connectivity index (χ1n) is 6.79. The van der Waals surface area contributed by atoms with E-state index in [-0.39, 0.29) is 11.8 Å². The van der Waals surface area contributed by atoms with Gasteiger partial charge in [0.25, 0.3) is 11.8 Å². The molecule has 22 heavy (non-hydrogen) atoms. The number of nitrogens with zero attached hydrogens (tertiary/aromatic N) is 2. The minimum atomic E-state index is -0.254. The van der Waals surface area contributed by atoms with Gasteiger partial charge in [-0.15, -0.1) is 0 Å². The zero-order valence-electron chi connectivity index (χ0n) is 11.7. The molecule has 2 aliphatic heterocycles. The fourth-order valence-electron chi connectivity index (χ4n) is 1.96. The van der Waals surface area contributed by atoms with E-state index in [0.29, 0.717) is 21.5 Å². The molecule has 0 radical (unpaired) electrons. The van der Waals surface area contributed by atoms with E-state index in [1.807, 2.05) is 0 Å². The van der Waals surface area contributed by atoms with E-state index < -0.39 is 0 Å². The number of rotatable bonds is 2. The maximum absolute atomic E-state index is 12.2. The molecule has 0 saturated carbocycles. The highest BCUT2D eigenvalue weighted by molar-refractivity contribution is 8.14. The van der Waals surface area contributed by atoms with Crippen LogP contribution in [0.5, 0.6) is 0 Å². The Hall–Kier alpha value is -1.80. The van der Waals surface area contributed by atoms with Crippen molar-refractivity contribution >= 4 is 45.7 Å². The van der Waals surface area contributed by atoms with Gasteiger partial charge < -0.3 is 10.6 Å². The number of carbonyl (C=O) groups excluding carboxylic acids is 2. The molecule has 0 unspecified atom stereocenters. The normalized spacial score (nSPS) is 16.9. The Balaban J connectivity index is 1.68. The molecule has 1 aromatic rings. The summed E-state index contributed by atoms with van der Waals surface area (Å²) in [5, 5.41) is 6.77. The van der Waals surface area contributed by atoms with Crippen LogP contribution in [0.15, 0.2) is 34.3 Å². The van der Waals surface area contributed by atoms with Crippen molar-refractivity contribution in [3.8, 4) is 0 Å². The number of hydrogen-bond acceptors (Lipinski definition) is 6. The summed E-state index contributed by atoms with van der Waals surface area (Å²) in [4.78, 5) is 32.7. The number of nitrogens with one attached hydrogen (secondary N) is 2. The van der Waals surface area contributed by atoms with Crippen molar-refractivity contribution < 1.29 is 9.59 Å². The van der Waals surface area contributed by atoms with Crippen molar-refractivity contribution in [1.29, 1.82) is 0 Å². The lowest BCUT2D eigenvalue weighted by Gasteiger charge is -2.07. The first kappa shape index (κ1) is 15.1. The third-order valence-electron chi connectivity index (χ3n) is 3.00. The summed E-state index contributed by atoms with van der Waals surface area (Å²) < 4.78 is 0. The van der Waals surface area contributed by atoms with E-state index in [9.17, 15) is 9.59 Å². The number of carbonyl (C=O) groups is 2. The largest absolute Gasteiger partial charge is 0.301 e. The monoisotopic (exact) mass is 334 g/mol. The molecule has 2 heterocycles. The lowest BCUT2D eigenvalue weighted by atomic mass is 10.1. The molecule has 0 aromatic heterocycles. The maximum Gasteiger partial charge on any atom is 0.257 e. The van der Waals surface area contributed by atoms with Crippen LogP contribution in [0.3, 0.4) is 0 Å². The first-order valence-corrected chi connectivity index (χ1v) is 8.77. The molecule has 2 amide bonds. The predicted octanol–water partition coefficient (Wildman–Crippen LogP) is 1.35. The standard InChI is InChI=1S/C14H14N4O2S2/c19-11(17-13-15-4-6-21-13)9-2-1-3-10(8-9)12(20)18-14-16-5-7-22-14/h1-3,8H,4-7H2,(H,15,17,19)(H,16,18,20). The fourth-order valence-corrected chi connectivity index (χ4v) is 3.41. The summed E-state index contributed by atoms with van der Waals surface area (Å²) in [5.74, 6) is 1.26. The number of hydrogen-bond donors (Lipinski definition) is 2. The minimum Gasteiger partial charge on any atom is -0.301 e. The van der Waals surface area contributed by atoms with Crippen molar-refractivity contribution in [3.05, 3.63) is 35.4 Å². The van der Waals surface area contributed by atoms with Gasteiger partial charge in [0.2, 0.25) is 0 Å². The van der Waals surface area contributed by atoms with Gasteiger partial charge in [-0.05, 0) is 18.2 Å². The molecule has 6 nitrogen and oxygen atoms in total. The molecule has 2 N–H and O–H groups in total. The highest BCUT2D eigenvalue weighted by Crippen LogP contribution is 2.12. The third-order valence-corrected chi connectivity index (χ3v) is 4.78. The second kappa shape index (κ2) is 6.97. The SMILES string of the molecule is O=C(NC1=NCCS1)c1cccc(C(=O)NC2=NCCS2)c1. The summed E-state index contributed by atoms with van der Waals surface area (Å²) in [6.45, 7) is 1.45. The Morgan fingerprint density at radius 1 is 0.909 bits per heavy atom. The number of amidine groups is 2. The average Bonchev–Trinajstić information content (AvgIpc) is 3.21. The van der Waals surface area contributed by atoms with Gasteiger partial charge in [0.05, 0.1) is 13.1 Å². The zero-order chi connectivity index (χ0) is 15.4. The molecule has 2 aliphatic rings. The van der Waals surface area contributed by atoms with Gasteiger partial charge in [0.15, 0.2) is 10.3 Å².